The monoisotopic (exact) mass is 377 g/mol. The molecule has 2 heterocycles. The second-order valence-corrected chi connectivity index (χ2v) is 6.98. The van der Waals surface area contributed by atoms with Crippen LogP contribution in [0.5, 0.6) is 0 Å². The maximum atomic E-state index is 13.5. The Labute approximate surface area is 157 Å². The molecule has 1 aromatic carbocycles. The first kappa shape index (κ1) is 19.5. The Balaban J connectivity index is 1.68. The molecule has 0 fully saturated rings. The summed E-state index contributed by atoms with van der Waals surface area (Å²) in [7, 11) is 1.60. The Morgan fingerprint density at radius 2 is 2.11 bits per heavy atom. The van der Waals surface area contributed by atoms with Gasteiger partial charge in [0.25, 0.3) is 0 Å². The SMILES string of the molecule is COCCNC(=O)C[C@H]1CN(Cc2ccc(F)c(F)c2)Cc2cccn2C1. The van der Waals surface area contributed by atoms with Crippen LogP contribution in [0.4, 0.5) is 8.78 Å². The predicted octanol–water partition coefficient (Wildman–Crippen LogP) is 2.55. The summed E-state index contributed by atoms with van der Waals surface area (Å²) in [6.07, 6.45) is 2.43. The van der Waals surface area contributed by atoms with Crippen LogP contribution in [0.3, 0.4) is 0 Å². The summed E-state index contributed by atoms with van der Waals surface area (Å²) in [5.74, 6) is -1.54. The highest BCUT2D eigenvalue weighted by Gasteiger charge is 2.23. The van der Waals surface area contributed by atoms with Crippen LogP contribution in [0, 0.1) is 17.6 Å². The van der Waals surface area contributed by atoms with Crippen molar-refractivity contribution in [3.05, 3.63) is 59.4 Å². The van der Waals surface area contributed by atoms with Crippen molar-refractivity contribution in [3.63, 3.8) is 0 Å². The number of hydrogen-bond donors (Lipinski definition) is 1. The second kappa shape index (κ2) is 9.10. The molecule has 1 aromatic heterocycles. The van der Waals surface area contributed by atoms with Gasteiger partial charge in [-0.1, -0.05) is 6.07 Å². The maximum absolute atomic E-state index is 13.5. The van der Waals surface area contributed by atoms with Gasteiger partial charge in [-0.05, 0) is 35.7 Å². The highest BCUT2D eigenvalue weighted by molar-refractivity contribution is 5.76. The van der Waals surface area contributed by atoms with E-state index in [2.05, 4.69) is 20.9 Å². The number of ether oxygens (including phenoxy) is 1. The molecule has 146 valence electrons. The second-order valence-electron chi connectivity index (χ2n) is 6.98. The van der Waals surface area contributed by atoms with Gasteiger partial charge in [0.05, 0.1) is 6.61 Å². The smallest absolute Gasteiger partial charge is 0.220 e. The summed E-state index contributed by atoms with van der Waals surface area (Å²) in [6, 6.07) is 8.05. The van der Waals surface area contributed by atoms with Gasteiger partial charge in [0.1, 0.15) is 0 Å². The number of benzene rings is 1. The van der Waals surface area contributed by atoms with Crippen molar-refractivity contribution >= 4 is 5.91 Å². The number of carbonyl (C=O) groups excluding carboxylic acids is 1. The van der Waals surface area contributed by atoms with Gasteiger partial charge in [-0.15, -0.1) is 0 Å². The lowest BCUT2D eigenvalue weighted by molar-refractivity contribution is -0.122. The van der Waals surface area contributed by atoms with Crippen LogP contribution in [0.25, 0.3) is 0 Å². The maximum Gasteiger partial charge on any atom is 0.220 e. The van der Waals surface area contributed by atoms with E-state index in [1.54, 1.807) is 13.2 Å². The van der Waals surface area contributed by atoms with E-state index in [0.29, 0.717) is 39.2 Å². The van der Waals surface area contributed by atoms with Gasteiger partial charge < -0.3 is 14.6 Å². The lowest BCUT2D eigenvalue weighted by Gasteiger charge is -2.24. The molecule has 1 amide bonds. The number of amides is 1. The van der Waals surface area contributed by atoms with Crippen molar-refractivity contribution in [1.29, 1.82) is 0 Å². The van der Waals surface area contributed by atoms with Gasteiger partial charge >= 0.3 is 0 Å². The van der Waals surface area contributed by atoms with Crippen molar-refractivity contribution in [3.8, 4) is 0 Å². The third kappa shape index (κ3) is 5.37. The molecule has 0 unspecified atom stereocenters. The number of aromatic nitrogens is 1. The van der Waals surface area contributed by atoms with Gasteiger partial charge in [-0.3, -0.25) is 9.69 Å². The Kier molecular flexibility index (Phi) is 6.58. The van der Waals surface area contributed by atoms with Crippen LogP contribution < -0.4 is 5.32 Å². The normalized spacial score (nSPS) is 17.4. The quantitative estimate of drug-likeness (QED) is 0.755. The van der Waals surface area contributed by atoms with E-state index >= 15 is 0 Å². The predicted molar refractivity (Wildman–Crippen MR) is 97.9 cm³/mol. The van der Waals surface area contributed by atoms with E-state index in [1.165, 1.54) is 6.07 Å². The molecule has 1 atom stereocenters. The summed E-state index contributed by atoms with van der Waals surface area (Å²) in [5.41, 5.74) is 1.87. The van der Waals surface area contributed by atoms with Crippen molar-refractivity contribution in [2.45, 2.75) is 26.1 Å². The first-order valence-electron chi connectivity index (χ1n) is 9.11. The molecule has 3 rings (SSSR count). The van der Waals surface area contributed by atoms with Crippen molar-refractivity contribution in [2.24, 2.45) is 5.92 Å². The van der Waals surface area contributed by atoms with Crippen molar-refractivity contribution in [2.75, 3.05) is 26.8 Å². The van der Waals surface area contributed by atoms with E-state index in [9.17, 15) is 13.6 Å². The fraction of sp³-hybridized carbons (Fsp3) is 0.450. The number of rotatable bonds is 7. The summed E-state index contributed by atoms with van der Waals surface area (Å²) in [5, 5.41) is 2.86. The number of carbonyl (C=O) groups is 1. The van der Waals surface area contributed by atoms with Crippen LogP contribution in [-0.2, 0) is 29.2 Å². The molecular formula is C20H25F2N3O2. The number of fused-ring (bicyclic) bond motifs is 1. The van der Waals surface area contributed by atoms with Gasteiger partial charge in [0, 0.05) is 58.1 Å². The lowest BCUT2D eigenvalue weighted by Crippen LogP contribution is -2.33. The molecule has 0 saturated carbocycles. The molecule has 0 bridgehead atoms. The Morgan fingerprint density at radius 3 is 2.89 bits per heavy atom. The van der Waals surface area contributed by atoms with Gasteiger partial charge in [-0.2, -0.15) is 0 Å². The average Bonchev–Trinajstić information content (AvgIpc) is 2.98. The standard InChI is InChI=1S/C20H25F2N3O2/c1-27-8-6-23-20(26)10-16-12-24(14-17-3-2-7-25(17)13-16)11-15-4-5-18(21)19(22)9-15/h2-5,7,9,16H,6,8,10-14H2,1H3,(H,23,26)/t16-/m0/s1. The summed E-state index contributed by atoms with van der Waals surface area (Å²) in [4.78, 5) is 14.4. The first-order valence-corrected chi connectivity index (χ1v) is 9.11. The van der Waals surface area contributed by atoms with Crippen molar-refractivity contribution in [1.82, 2.24) is 14.8 Å². The summed E-state index contributed by atoms with van der Waals surface area (Å²) in [6.45, 7) is 3.65. The minimum Gasteiger partial charge on any atom is -0.383 e. The molecule has 2 aromatic rings. The highest BCUT2D eigenvalue weighted by atomic mass is 19.2. The number of nitrogens with one attached hydrogen (secondary N) is 1. The van der Waals surface area contributed by atoms with Crippen LogP contribution >= 0.6 is 0 Å². The molecule has 27 heavy (non-hydrogen) atoms. The van der Waals surface area contributed by atoms with Gasteiger partial charge in [0.2, 0.25) is 5.91 Å². The lowest BCUT2D eigenvalue weighted by atomic mass is 10.0. The molecule has 7 heteroatoms. The average molecular weight is 377 g/mol. The number of halogens is 2. The first-order chi connectivity index (χ1) is 13.0. The minimum absolute atomic E-state index is 0.000401. The third-order valence-corrected chi connectivity index (χ3v) is 4.77. The van der Waals surface area contributed by atoms with Crippen LogP contribution in [0.15, 0.2) is 36.5 Å². The topological polar surface area (TPSA) is 46.5 Å². The summed E-state index contributed by atoms with van der Waals surface area (Å²) >= 11 is 0. The van der Waals surface area contributed by atoms with Crippen LogP contribution in [0.1, 0.15) is 17.7 Å². The molecule has 0 spiro atoms. The van der Waals surface area contributed by atoms with Gasteiger partial charge in [0.15, 0.2) is 11.6 Å². The minimum atomic E-state index is -0.839. The molecule has 0 radical (unpaired) electrons. The zero-order chi connectivity index (χ0) is 19.2. The molecule has 0 aliphatic carbocycles. The largest absolute Gasteiger partial charge is 0.383 e. The van der Waals surface area contributed by atoms with E-state index < -0.39 is 11.6 Å². The zero-order valence-corrected chi connectivity index (χ0v) is 15.5. The van der Waals surface area contributed by atoms with Crippen molar-refractivity contribution < 1.29 is 18.3 Å². The fourth-order valence-corrected chi connectivity index (χ4v) is 3.54. The molecule has 1 N–H and O–H groups in total. The Morgan fingerprint density at radius 1 is 1.26 bits per heavy atom. The van der Waals surface area contributed by atoms with E-state index in [1.807, 2.05) is 12.3 Å². The van der Waals surface area contributed by atoms with Crippen LogP contribution in [0.2, 0.25) is 0 Å². The Bertz CT molecular complexity index is 778. The highest BCUT2D eigenvalue weighted by Crippen LogP contribution is 2.22. The number of hydrogen-bond acceptors (Lipinski definition) is 3. The van der Waals surface area contributed by atoms with E-state index in [4.69, 9.17) is 4.74 Å². The summed E-state index contributed by atoms with van der Waals surface area (Å²) < 4.78 is 33.8. The van der Waals surface area contributed by atoms with E-state index in [-0.39, 0.29) is 11.8 Å². The molecule has 1 aliphatic heterocycles. The molecule has 0 saturated heterocycles. The molecular weight excluding hydrogens is 352 g/mol. The fourth-order valence-electron chi connectivity index (χ4n) is 3.54. The number of nitrogens with zero attached hydrogens (tertiary/aromatic N) is 2. The number of methoxy groups -OCH3 is 1. The van der Waals surface area contributed by atoms with Crippen LogP contribution in [-0.4, -0.2) is 42.2 Å². The zero-order valence-electron chi connectivity index (χ0n) is 15.5. The third-order valence-electron chi connectivity index (χ3n) is 4.77. The van der Waals surface area contributed by atoms with Gasteiger partial charge in [-0.25, -0.2) is 8.78 Å². The molecule has 1 aliphatic rings. The molecule has 5 nitrogen and oxygen atoms in total. The Hall–Kier alpha value is -2.25. The van der Waals surface area contributed by atoms with E-state index in [0.717, 1.165) is 23.9 Å².